The number of para-hydroxylation sites is 2. The Bertz CT molecular complexity index is 990. The lowest BCUT2D eigenvalue weighted by molar-refractivity contribution is 0.102. The Hall–Kier alpha value is -3.41. The molecule has 2 aromatic carbocycles. The van der Waals surface area contributed by atoms with Gasteiger partial charge < -0.3 is 15.0 Å². The number of rotatable bonds is 5. The Balaban J connectivity index is 1.52. The van der Waals surface area contributed by atoms with Crippen molar-refractivity contribution in [2.24, 2.45) is 0 Å². The second kappa shape index (κ2) is 8.08. The summed E-state index contributed by atoms with van der Waals surface area (Å²) < 4.78 is 5.57. The van der Waals surface area contributed by atoms with Gasteiger partial charge in [0.05, 0.1) is 12.3 Å². The van der Waals surface area contributed by atoms with E-state index in [1.165, 1.54) is 17.5 Å². The van der Waals surface area contributed by atoms with Gasteiger partial charge in [-0.1, -0.05) is 36.4 Å². The molecule has 1 N–H and O–H groups in total. The van der Waals surface area contributed by atoms with Gasteiger partial charge in [0.1, 0.15) is 23.6 Å². The molecular formula is C22H22N4O2. The minimum Gasteiger partial charge on any atom is -0.492 e. The number of aromatic nitrogens is 2. The maximum atomic E-state index is 12.7. The number of carbonyl (C=O) groups excluding carboxylic acids is 1. The Morgan fingerprint density at radius 1 is 1.11 bits per heavy atom. The van der Waals surface area contributed by atoms with Crippen molar-refractivity contribution < 1.29 is 9.53 Å². The van der Waals surface area contributed by atoms with E-state index in [9.17, 15) is 4.79 Å². The Labute approximate surface area is 164 Å². The third-order valence-electron chi connectivity index (χ3n) is 4.78. The molecule has 0 bridgehead atoms. The van der Waals surface area contributed by atoms with Crippen LogP contribution in [0.25, 0.3) is 0 Å². The van der Waals surface area contributed by atoms with Crippen LogP contribution in [0.15, 0.2) is 60.9 Å². The van der Waals surface area contributed by atoms with Gasteiger partial charge in [-0.25, -0.2) is 9.97 Å². The van der Waals surface area contributed by atoms with Crippen molar-refractivity contribution in [2.45, 2.75) is 19.9 Å². The van der Waals surface area contributed by atoms with E-state index in [0.29, 0.717) is 23.7 Å². The second-order valence-electron chi connectivity index (χ2n) is 6.59. The van der Waals surface area contributed by atoms with E-state index in [-0.39, 0.29) is 5.91 Å². The van der Waals surface area contributed by atoms with E-state index in [0.717, 1.165) is 25.3 Å². The van der Waals surface area contributed by atoms with Gasteiger partial charge in [-0.15, -0.1) is 0 Å². The van der Waals surface area contributed by atoms with E-state index in [1.807, 2.05) is 31.2 Å². The minimum absolute atomic E-state index is 0.284. The molecule has 0 radical (unpaired) electrons. The number of benzene rings is 2. The van der Waals surface area contributed by atoms with Gasteiger partial charge >= 0.3 is 0 Å². The lowest BCUT2D eigenvalue weighted by Gasteiger charge is -2.29. The molecule has 0 unspecified atom stereocenters. The number of carbonyl (C=O) groups is 1. The summed E-state index contributed by atoms with van der Waals surface area (Å²) in [7, 11) is 0. The lowest BCUT2D eigenvalue weighted by atomic mass is 10.00. The Morgan fingerprint density at radius 2 is 1.89 bits per heavy atom. The predicted molar refractivity (Wildman–Crippen MR) is 109 cm³/mol. The standard InChI is InChI=1S/C22H22N4O2/c1-2-28-20-10-6-5-9-18(20)25-22(27)19-13-21(24-15-23-19)26-12-11-16-7-3-4-8-17(16)14-26/h3-10,13,15H,2,11-12,14H2,1H3,(H,25,27). The second-order valence-corrected chi connectivity index (χ2v) is 6.59. The molecule has 1 amide bonds. The molecule has 6 nitrogen and oxygen atoms in total. The first-order valence-corrected chi connectivity index (χ1v) is 9.41. The van der Waals surface area contributed by atoms with Crippen LogP contribution in [-0.4, -0.2) is 29.0 Å². The van der Waals surface area contributed by atoms with E-state index >= 15 is 0 Å². The highest BCUT2D eigenvalue weighted by Crippen LogP contribution is 2.25. The van der Waals surface area contributed by atoms with Gasteiger partial charge in [-0.2, -0.15) is 0 Å². The molecule has 1 aliphatic rings. The number of nitrogens with one attached hydrogen (secondary N) is 1. The maximum absolute atomic E-state index is 12.7. The fraction of sp³-hybridized carbons (Fsp3) is 0.227. The van der Waals surface area contributed by atoms with E-state index in [4.69, 9.17) is 4.74 Å². The fourth-order valence-electron chi connectivity index (χ4n) is 3.37. The summed E-state index contributed by atoms with van der Waals surface area (Å²) in [5.41, 5.74) is 3.62. The monoisotopic (exact) mass is 374 g/mol. The van der Waals surface area contributed by atoms with Gasteiger partial charge in [0.15, 0.2) is 0 Å². The van der Waals surface area contributed by atoms with Crippen LogP contribution in [-0.2, 0) is 13.0 Å². The summed E-state index contributed by atoms with van der Waals surface area (Å²) in [5, 5.41) is 2.88. The quantitative estimate of drug-likeness (QED) is 0.738. The maximum Gasteiger partial charge on any atom is 0.274 e. The van der Waals surface area contributed by atoms with Gasteiger partial charge in [0.2, 0.25) is 0 Å². The average Bonchev–Trinajstić information content (AvgIpc) is 2.75. The van der Waals surface area contributed by atoms with Crippen molar-refractivity contribution in [1.82, 2.24) is 9.97 Å². The van der Waals surface area contributed by atoms with E-state index in [1.54, 1.807) is 6.07 Å². The van der Waals surface area contributed by atoms with Crippen molar-refractivity contribution >= 4 is 17.4 Å². The normalized spacial score (nSPS) is 13.0. The average molecular weight is 374 g/mol. The predicted octanol–water partition coefficient (Wildman–Crippen LogP) is 3.69. The number of hydrogen-bond acceptors (Lipinski definition) is 5. The summed E-state index contributed by atoms with van der Waals surface area (Å²) in [6, 6.07) is 17.5. The van der Waals surface area contributed by atoms with Crippen LogP contribution in [0.3, 0.4) is 0 Å². The Morgan fingerprint density at radius 3 is 2.75 bits per heavy atom. The molecular weight excluding hydrogens is 352 g/mol. The highest BCUT2D eigenvalue weighted by Gasteiger charge is 2.19. The van der Waals surface area contributed by atoms with Crippen LogP contribution in [0.1, 0.15) is 28.5 Å². The topological polar surface area (TPSA) is 67.3 Å². The molecule has 0 saturated heterocycles. The zero-order valence-corrected chi connectivity index (χ0v) is 15.8. The van der Waals surface area contributed by atoms with E-state index < -0.39 is 0 Å². The van der Waals surface area contributed by atoms with Crippen molar-refractivity contribution in [3.05, 3.63) is 77.7 Å². The third-order valence-corrected chi connectivity index (χ3v) is 4.78. The first kappa shape index (κ1) is 18.0. The number of fused-ring (bicyclic) bond motifs is 1. The number of anilines is 2. The number of amides is 1. The summed E-state index contributed by atoms with van der Waals surface area (Å²) in [6.07, 6.45) is 2.41. The molecule has 0 aliphatic carbocycles. The third kappa shape index (κ3) is 3.81. The van der Waals surface area contributed by atoms with Crippen LogP contribution in [0, 0.1) is 0 Å². The lowest BCUT2D eigenvalue weighted by Crippen LogP contribution is -2.31. The van der Waals surface area contributed by atoms with E-state index in [2.05, 4.69) is 44.5 Å². The van der Waals surface area contributed by atoms with Crippen LogP contribution in [0.5, 0.6) is 5.75 Å². The smallest absolute Gasteiger partial charge is 0.274 e. The van der Waals surface area contributed by atoms with Crippen molar-refractivity contribution in [2.75, 3.05) is 23.4 Å². The first-order chi connectivity index (χ1) is 13.7. The summed E-state index contributed by atoms with van der Waals surface area (Å²) in [6.45, 7) is 4.08. The zero-order chi connectivity index (χ0) is 19.3. The zero-order valence-electron chi connectivity index (χ0n) is 15.8. The number of ether oxygens (including phenoxy) is 1. The van der Waals surface area contributed by atoms with Crippen molar-refractivity contribution in [1.29, 1.82) is 0 Å². The number of nitrogens with zero attached hydrogens (tertiary/aromatic N) is 3. The van der Waals surface area contributed by atoms with Crippen LogP contribution in [0.2, 0.25) is 0 Å². The minimum atomic E-state index is -0.284. The molecule has 0 fully saturated rings. The molecule has 4 rings (SSSR count). The summed E-state index contributed by atoms with van der Waals surface area (Å²) in [5.74, 6) is 1.11. The molecule has 142 valence electrons. The number of hydrogen-bond donors (Lipinski definition) is 1. The largest absolute Gasteiger partial charge is 0.492 e. The molecule has 1 aliphatic heterocycles. The van der Waals surface area contributed by atoms with Gasteiger partial charge in [0.25, 0.3) is 5.91 Å². The summed E-state index contributed by atoms with van der Waals surface area (Å²) >= 11 is 0. The highest BCUT2D eigenvalue weighted by atomic mass is 16.5. The molecule has 0 saturated carbocycles. The molecule has 6 heteroatoms. The molecule has 0 spiro atoms. The molecule has 1 aromatic heterocycles. The van der Waals surface area contributed by atoms with Crippen LogP contribution < -0.4 is 15.0 Å². The van der Waals surface area contributed by atoms with Crippen LogP contribution in [0.4, 0.5) is 11.5 Å². The van der Waals surface area contributed by atoms with Gasteiger partial charge in [-0.05, 0) is 36.6 Å². The van der Waals surface area contributed by atoms with Crippen molar-refractivity contribution in [3.8, 4) is 5.75 Å². The molecule has 2 heterocycles. The summed E-state index contributed by atoms with van der Waals surface area (Å²) in [4.78, 5) is 23.4. The molecule has 3 aromatic rings. The van der Waals surface area contributed by atoms with Crippen molar-refractivity contribution in [3.63, 3.8) is 0 Å². The van der Waals surface area contributed by atoms with Crippen LogP contribution >= 0.6 is 0 Å². The fourth-order valence-corrected chi connectivity index (χ4v) is 3.37. The SMILES string of the molecule is CCOc1ccccc1NC(=O)c1cc(N2CCc3ccccc3C2)ncn1. The van der Waals surface area contributed by atoms with Gasteiger partial charge in [-0.3, -0.25) is 4.79 Å². The molecule has 28 heavy (non-hydrogen) atoms. The van der Waals surface area contributed by atoms with Gasteiger partial charge in [0, 0.05) is 19.2 Å². The highest BCUT2D eigenvalue weighted by molar-refractivity contribution is 6.04. The first-order valence-electron chi connectivity index (χ1n) is 9.41. The molecule has 0 atom stereocenters. The Kier molecular flexibility index (Phi) is 5.19.